The van der Waals surface area contributed by atoms with Crippen LogP contribution in [-0.4, -0.2) is 39.9 Å². The first-order valence-corrected chi connectivity index (χ1v) is 3.35. The number of hydrogen-bond donors (Lipinski definition) is 3. The van der Waals surface area contributed by atoms with Crippen molar-refractivity contribution in [1.29, 1.82) is 0 Å². The molecule has 0 aromatic rings. The Labute approximate surface area is 72.1 Å². The van der Waals surface area contributed by atoms with Gasteiger partial charge in [-0.1, -0.05) is 0 Å². The van der Waals surface area contributed by atoms with Crippen LogP contribution in [0.15, 0.2) is 4.99 Å². The van der Waals surface area contributed by atoms with E-state index in [1.165, 1.54) is 0 Å². The van der Waals surface area contributed by atoms with Crippen LogP contribution in [0.2, 0.25) is 0 Å². The van der Waals surface area contributed by atoms with E-state index in [9.17, 15) is 14.4 Å². The highest BCUT2D eigenvalue weighted by Gasteiger charge is 2.29. The van der Waals surface area contributed by atoms with E-state index >= 15 is 0 Å². The fourth-order valence-electron chi connectivity index (χ4n) is 0.878. The number of hydrogen-bond acceptors (Lipinski definition) is 3. The molecule has 0 spiro atoms. The third-order valence-electron chi connectivity index (χ3n) is 1.48. The Morgan fingerprint density at radius 3 is 2.54 bits per heavy atom. The molecule has 1 heterocycles. The van der Waals surface area contributed by atoms with Crippen LogP contribution in [0.25, 0.3) is 0 Å². The first-order valence-electron chi connectivity index (χ1n) is 3.35. The molecule has 1 aliphatic rings. The zero-order valence-electron chi connectivity index (χ0n) is 6.35. The number of carboxylic acid groups (broad SMARTS) is 2. The number of carbonyl (C=O) groups excluding carboxylic acids is 1. The number of nitrogens with one attached hydrogen (secondary N) is 1. The molecule has 0 bridgehead atoms. The molecule has 1 rings (SSSR count). The molecule has 0 aliphatic carbocycles. The van der Waals surface area contributed by atoms with Crippen LogP contribution in [0.5, 0.6) is 0 Å². The van der Waals surface area contributed by atoms with E-state index in [2.05, 4.69) is 4.99 Å². The fraction of sp³-hybridized carbons (Fsp3) is 0.333. The minimum atomic E-state index is -1.37. The number of carbonyl (C=O) groups is 3. The van der Waals surface area contributed by atoms with E-state index in [1.54, 1.807) is 0 Å². The van der Waals surface area contributed by atoms with Crippen molar-refractivity contribution < 1.29 is 24.6 Å². The van der Waals surface area contributed by atoms with Gasteiger partial charge in [-0.05, 0) is 0 Å². The number of aliphatic imine (C=N–C) groups is 1. The van der Waals surface area contributed by atoms with Crippen molar-refractivity contribution in [2.45, 2.75) is 12.5 Å². The maximum Gasteiger partial charge on any atom is 0.350 e. The van der Waals surface area contributed by atoms with Gasteiger partial charge in [0.2, 0.25) is 0 Å². The van der Waals surface area contributed by atoms with E-state index in [1.807, 2.05) is 5.32 Å². The Morgan fingerprint density at radius 1 is 1.46 bits per heavy atom. The molecular formula is C6H6N2O5. The van der Waals surface area contributed by atoms with Crippen LogP contribution < -0.4 is 5.32 Å². The van der Waals surface area contributed by atoms with Crippen molar-refractivity contribution in [1.82, 2.24) is 5.32 Å². The first-order chi connectivity index (χ1) is 6.00. The van der Waals surface area contributed by atoms with Gasteiger partial charge in [-0.2, -0.15) is 4.99 Å². The number of aliphatic carboxylic acids is 2. The van der Waals surface area contributed by atoms with E-state index in [4.69, 9.17) is 10.2 Å². The monoisotopic (exact) mass is 186 g/mol. The molecule has 13 heavy (non-hydrogen) atoms. The molecule has 0 aromatic carbocycles. The van der Waals surface area contributed by atoms with Gasteiger partial charge in [0.25, 0.3) is 0 Å². The van der Waals surface area contributed by atoms with Crippen LogP contribution in [0, 0.1) is 0 Å². The summed E-state index contributed by atoms with van der Waals surface area (Å²) in [6, 6.07) is -2.13. The third-order valence-corrected chi connectivity index (χ3v) is 1.48. The Kier molecular flexibility index (Phi) is 2.27. The topological polar surface area (TPSA) is 116 Å². The summed E-state index contributed by atoms with van der Waals surface area (Å²) in [6.07, 6.45) is -0.295. The second-order valence-electron chi connectivity index (χ2n) is 2.41. The molecule has 70 valence electrons. The molecule has 0 saturated heterocycles. The highest BCUT2D eigenvalue weighted by Crippen LogP contribution is 2.03. The van der Waals surface area contributed by atoms with Gasteiger partial charge in [-0.3, -0.25) is 0 Å². The molecule has 3 N–H and O–H groups in total. The first kappa shape index (κ1) is 9.17. The largest absolute Gasteiger partial charge is 0.480 e. The lowest BCUT2D eigenvalue weighted by Gasteiger charge is -2.16. The zero-order valence-corrected chi connectivity index (χ0v) is 6.35. The predicted octanol–water partition coefficient (Wildman–Crippen LogP) is -0.921. The van der Waals surface area contributed by atoms with Gasteiger partial charge < -0.3 is 15.5 Å². The summed E-state index contributed by atoms with van der Waals surface area (Å²) >= 11 is 0. The number of nitrogens with zero attached hydrogens (tertiary/aromatic N) is 1. The van der Waals surface area contributed by atoms with Crippen LogP contribution in [-0.2, 0) is 9.59 Å². The van der Waals surface area contributed by atoms with Gasteiger partial charge in [0.15, 0.2) is 0 Å². The van der Waals surface area contributed by atoms with Crippen molar-refractivity contribution in [3.63, 3.8) is 0 Å². The summed E-state index contributed by atoms with van der Waals surface area (Å²) in [4.78, 5) is 34.6. The Bertz CT molecular complexity index is 308. The summed E-state index contributed by atoms with van der Waals surface area (Å²) in [5.74, 6) is -2.65. The number of urea groups is 1. The summed E-state index contributed by atoms with van der Waals surface area (Å²) < 4.78 is 0. The van der Waals surface area contributed by atoms with Crippen molar-refractivity contribution in [2.24, 2.45) is 4.99 Å². The van der Waals surface area contributed by atoms with E-state index in [0.29, 0.717) is 0 Å². The molecule has 0 radical (unpaired) electrons. The third kappa shape index (κ3) is 2.01. The number of carboxylic acids is 2. The smallest absolute Gasteiger partial charge is 0.350 e. The van der Waals surface area contributed by atoms with Gasteiger partial charge in [-0.15, -0.1) is 0 Å². The van der Waals surface area contributed by atoms with Crippen LogP contribution >= 0.6 is 0 Å². The Morgan fingerprint density at radius 2 is 2.08 bits per heavy atom. The summed E-state index contributed by atoms with van der Waals surface area (Å²) in [7, 11) is 0. The standard InChI is InChI=1S/C6H6N2O5/c9-4(10)2-1-3(5(11)12)8-6(13)7-2/h2H,1H2,(H,7,13)(H,9,10)(H,11,12). The van der Waals surface area contributed by atoms with E-state index in [0.717, 1.165) is 0 Å². The minimum absolute atomic E-state index is 0.295. The summed E-state index contributed by atoms with van der Waals surface area (Å²) in [6.45, 7) is 0. The fourth-order valence-corrected chi connectivity index (χ4v) is 0.878. The van der Waals surface area contributed by atoms with Gasteiger partial charge in [0.05, 0.1) is 0 Å². The molecule has 0 fully saturated rings. The average molecular weight is 186 g/mol. The summed E-state index contributed by atoms with van der Waals surface area (Å²) in [5, 5.41) is 19.0. The Hall–Kier alpha value is -1.92. The quantitative estimate of drug-likeness (QED) is 0.515. The average Bonchev–Trinajstić information content (AvgIpc) is 2.03. The lowest BCUT2D eigenvalue weighted by molar-refractivity contribution is -0.139. The van der Waals surface area contributed by atoms with Gasteiger partial charge in [0.1, 0.15) is 11.8 Å². The van der Waals surface area contributed by atoms with Crippen LogP contribution in [0.4, 0.5) is 4.79 Å². The lowest BCUT2D eigenvalue weighted by atomic mass is 10.1. The minimum Gasteiger partial charge on any atom is -0.480 e. The predicted molar refractivity (Wildman–Crippen MR) is 39.6 cm³/mol. The second kappa shape index (κ2) is 3.21. The van der Waals surface area contributed by atoms with Gasteiger partial charge in [-0.25, -0.2) is 14.4 Å². The highest BCUT2D eigenvalue weighted by atomic mass is 16.4. The highest BCUT2D eigenvalue weighted by molar-refractivity contribution is 6.38. The molecular weight excluding hydrogens is 180 g/mol. The number of rotatable bonds is 2. The zero-order chi connectivity index (χ0) is 10.0. The maximum absolute atomic E-state index is 10.7. The molecule has 0 aromatic heterocycles. The molecule has 0 saturated carbocycles. The molecule has 7 heteroatoms. The van der Waals surface area contributed by atoms with Crippen molar-refractivity contribution >= 4 is 23.7 Å². The normalized spacial score (nSPS) is 21.7. The SMILES string of the molecule is O=C1N=C(C(=O)O)CC(C(=O)O)N1. The summed E-state index contributed by atoms with van der Waals surface area (Å²) in [5.41, 5.74) is -0.434. The molecule has 1 atom stereocenters. The number of amides is 2. The molecule has 1 unspecified atom stereocenters. The van der Waals surface area contributed by atoms with E-state index in [-0.39, 0.29) is 6.42 Å². The van der Waals surface area contributed by atoms with E-state index < -0.39 is 29.7 Å². The van der Waals surface area contributed by atoms with Crippen molar-refractivity contribution in [2.75, 3.05) is 0 Å². The van der Waals surface area contributed by atoms with Gasteiger partial charge >= 0.3 is 18.0 Å². The lowest BCUT2D eigenvalue weighted by Crippen LogP contribution is -2.46. The molecule has 2 amide bonds. The molecule has 1 aliphatic heterocycles. The molecule has 7 nitrogen and oxygen atoms in total. The maximum atomic E-state index is 10.7. The van der Waals surface area contributed by atoms with Crippen LogP contribution in [0.3, 0.4) is 0 Å². The van der Waals surface area contributed by atoms with Gasteiger partial charge in [0, 0.05) is 6.42 Å². The van der Waals surface area contributed by atoms with Crippen LogP contribution in [0.1, 0.15) is 6.42 Å². The Balaban J connectivity index is 2.85. The second-order valence-corrected chi connectivity index (χ2v) is 2.41. The van der Waals surface area contributed by atoms with Crippen molar-refractivity contribution in [3.8, 4) is 0 Å². The van der Waals surface area contributed by atoms with Crippen molar-refractivity contribution in [3.05, 3.63) is 0 Å².